The van der Waals surface area contributed by atoms with Crippen molar-refractivity contribution >= 4 is 32.8 Å². The third-order valence-corrected chi connectivity index (χ3v) is 3.80. The molecule has 2 N–H and O–H groups in total. The van der Waals surface area contributed by atoms with Gasteiger partial charge in [0.05, 0.1) is 21.9 Å². The molecule has 4 rings (SSSR count). The van der Waals surface area contributed by atoms with Crippen LogP contribution in [0.3, 0.4) is 0 Å². The Kier molecular flexibility index (Phi) is 1.90. The number of nitrogens with zero attached hydrogens (tertiary/aromatic N) is 1. The van der Waals surface area contributed by atoms with Crippen LogP contribution in [0.5, 0.6) is 0 Å². The van der Waals surface area contributed by atoms with Crippen molar-refractivity contribution in [2.45, 2.75) is 0 Å². The molecule has 0 saturated heterocycles. The number of pyridine rings is 1. The highest BCUT2D eigenvalue weighted by Crippen LogP contribution is 2.25. The van der Waals surface area contributed by atoms with Crippen LogP contribution in [0.25, 0.3) is 32.8 Å². The third-order valence-electron chi connectivity index (χ3n) is 3.80. The third kappa shape index (κ3) is 1.24. The fourth-order valence-corrected chi connectivity index (χ4v) is 2.89. The molecule has 2 aromatic carbocycles. The lowest BCUT2D eigenvalue weighted by atomic mass is 10.1. The molecule has 0 spiro atoms. The monoisotopic (exact) mass is 247 g/mol. The normalized spacial score (nSPS) is 11.6. The van der Waals surface area contributed by atoms with E-state index in [1.54, 1.807) is 0 Å². The van der Waals surface area contributed by atoms with Crippen molar-refractivity contribution in [3.8, 4) is 0 Å². The van der Waals surface area contributed by atoms with Crippen LogP contribution >= 0.6 is 0 Å². The molecule has 4 aromatic rings. The lowest BCUT2D eigenvalue weighted by Crippen LogP contribution is -2.08. The Bertz CT molecular complexity index is 989. The zero-order valence-corrected chi connectivity index (χ0v) is 10.6. The van der Waals surface area contributed by atoms with Crippen LogP contribution in [0, 0.1) is 5.41 Å². The molecular weight excluding hydrogens is 234 g/mol. The lowest BCUT2D eigenvalue weighted by Gasteiger charge is -2.08. The molecule has 2 heterocycles. The minimum atomic E-state index is 0.569. The van der Waals surface area contributed by atoms with Gasteiger partial charge >= 0.3 is 0 Å². The first-order valence-electron chi connectivity index (χ1n) is 6.30. The van der Waals surface area contributed by atoms with Gasteiger partial charge in [-0.05, 0) is 12.1 Å². The van der Waals surface area contributed by atoms with Crippen LogP contribution < -0.4 is 5.36 Å². The molecule has 0 bridgehead atoms. The maximum Gasteiger partial charge on any atom is 0.0893 e. The summed E-state index contributed by atoms with van der Waals surface area (Å²) in [5.41, 5.74) is 4.17. The number of fused-ring (bicyclic) bond motifs is 4. The molecule has 92 valence electrons. The number of hydrogen-bond donors (Lipinski definition) is 2. The Hall–Kier alpha value is -2.55. The molecule has 0 aliphatic rings. The summed E-state index contributed by atoms with van der Waals surface area (Å²) >= 11 is 0. The maximum absolute atomic E-state index is 8.42. The number of rotatable bonds is 0. The highest BCUT2D eigenvalue weighted by atomic mass is 15.0. The second-order valence-electron chi connectivity index (χ2n) is 4.85. The van der Waals surface area contributed by atoms with Crippen LogP contribution in [0.15, 0.2) is 48.5 Å². The molecular formula is C16H13N3. The summed E-state index contributed by atoms with van der Waals surface area (Å²) in [5.74, 6) is 0. The van der Waals surface area contributed by atoms with Gasteiger partial charge < -0.3 is 9.55 Å². The molecule has 3 nitrogen and oxygen atoms in total. The molecule has 0 aliphatic heterocycles. The molecule has 0 radical (unpaired) electrons. The van der Waals surface area contributed by atoms with E-state index in [9.17, 15) is 0 Å². The first-order valence-corrected chi connectivity index (χ1v) is 6.30. The Labute approximate surface area is 109 Å². The summed E-state index contributed by atoms with van der Waals surface area (Å²) in [5, 5.41) is 11.1. The standard InChI is InChI=1S/C16H13N3/c1-19-13-9-5-3-7-11(13)14(17)15-16(19)10-6-2-4-8-12(10)18-15/h2-9,17-18H,1H3. The zero-order valence-electron chi connectivity index (χ0n) is 10.6. The molecule has 0 fully saturated rings. The first-order chi connectivity index (χ1) is 9.27. The number of aryl methyl sites for hydroxylation is 1. The Morgan fingerprint density at radius 1 is 0.947 bits per heavy atom. The number of benzene rings is 2. The molecule has 0 saturated carbocycles. The number of para-hydroxylation sites is 2. The van der Waals surface area contributed by atoms with Gasteiger partial charge in [-0.15, -0.1) is 0 Å². The zero-order chi connectivity index (χ0) is 13.0. The van der Waals surface area contributed by atoms with Crippen molar-refractivity contribution in [3.05, 3.63) is 53.9 Å². The second-order valence-corrected chi connectivity index (χ2v) is 4.85. The number of H-pyrrole nitrogens is 1. The van der Waals surface area contributed by atoms with E-state index in [-0.39, 0.29) is 0 Å². The van der Waals surface area contributed by atoms with Gasteiger partial charge in [0.2, 0.25) is 0 Å². The summed E-state index contributed by atoms with van der Waals surface area (Å²) in [4.78, 5) is 3.37. The summed E-state index contributed by atoms with van der Waals surface area (Å²) in [7, 11) is 2.06. The molecule has 3 heteroatoms. The van der Waals surface area contributed by atoms with Crippen LogP contribution in [0.1, 0.15) is 0 Å². The van der Waals surface area contributed by atoms with E-state index in [1.807, 2.05) is 30.3 Å². The topological polar surface area (TPSA) is 44.6 Å². The van der Waals surface area contributed by atoms with Gasteiger partial charge in [0.15, 0.2) is 0 Å². The average molecular weight is 247 g/mol. The van der Waals surface area contributed by atoms with E-state index in [0.717, 1.165) is 27.5 Å². The summed E-state index contributed by atoms with van der Waals surface area (Å²) in [6.07, 6.45) is 0. The Morgan fingerprint density at radius 3 is 2.47 bits per heavy atom. The predicted octanol–water partition coefficient (Wildman–Crippen LogP) is 3.29. The van der Waals surface area contributed by atoms with Crippen molar-refractivity contribution < 1.29 is 0 Å². The number of aromatic nitrogens is 2. The Balaban J connectivity index is 2.43. The van der Waals surface area contributed by atoms with Gasteiger partial charge in [0, 0.05) is 23.3 Å². The van der Waals surface area contributed by atoms with Gasteiger partial charge in [0.25, 0.3) is 0 Å². The predicted molar refractivity (Wildman–Crippen MR) is 78.1 cm³/mol. The molecule has 0 amide bonds. The van der Waals surface area contributed by atoms with E-state index in [2.05, 4.69) is 34.8 Å². The van der Waals surface area contributed by atoms with Gasteiger partial charge in [-0.1, -0.05) is 36.4 Å². The van der Waals surface area contributed by atoms with Crippen molar-refractivity contribution in [1.29, 1.82) is 5.41 Å². The second kappa shape index (κ2) is 3.48. The Morgan fingerprint density at radius 2 is 1.63 bits per heavy atom. The van der Waals surface area contributed by atoms with E-state index in [1.165, 1.54) is 5.39 Å². The summed E-state index contributed by atoms with van der Waals surface area (Å²) in [6, 6.07) is 16.3. The maximum atomic E-state index is 8.42. The van der Waals surface area contributed by atoms with Gasteiger partial charge in [0.1, 0.15) is 0 Å². The average Bonchev–Trinajstić information content (AvgIpc) is 2.84. The SMILES string of the molecule is Cn1c2ccccc2c(=N)c2[nH]c3ccccc3c21. The van der Waals surface area contributed by atoms with E-state index in [4.69, 9.17) is 5.41 Å². The fraction of sp³-hybridized carbons (Fsp3) is 0.0625. The summed E-state index contributed by atoms with van der Waals surface area (Å²) in [6.45, 7) is 0. The van der Waals surface area contributed by atoms with Gasteiger partial charge in [-0.3, -0.25) is 5.41 Å². The van der Waals surface area contributed by atoms with Gasteiger partial charge in [-0.2, -0.15) is 0 Å². The van der Waals surface area contributed by atoms with Crippen LogP contribution in [-0.4, -0.2) is 9.55 Å². The van der Waals surface area contributed by atoms with Crippen LogP contribution in [-0.2, 0) is 7.05 Å². The highest BCUT2D eigenvalue weighted by Gasteiger charge is 2.11. The van der Waals surface area contributed by atoms with Crippen molar-refractivity contribution in [1.82, 2.24) is 9.55 Å². The molecule has 19 heavy (non-hydrogen) atoms. The lowest BCUT2D eigenvalue weighted by molar-refractivity contribution is 1.00. The number of nitrogens with one attached hydrogen (secondary N) is 2. The van der Waals surface area contributed by atoms with E-state index >= 15 is 0 Å². The molecule has 0 atom stereocenters. The quantitative estimate of drug-likeness (QED) is 0.479. The van der Waals surface area contributed by atoms with Crippen LogP contribution in [0.2, 0.25) is 0 Å². The minimum Gasteiger partial charge on any atom is -0.351 e. The number of hydrogen-bond acceptors (Lipinski definition) is 1. The first kappa shape index (κ1) is 10.4. The van der Waals surface area contributed by atoms with E-state index < -0.39 is 0 Å². The van der Waals surface area contributed by atoms with E-state index in [0.29, 0.717) is 5.36 Å². The van der Waals surface area contributed by atoms with Crippen molar-refractivity contribution in [2.24, 2.45) is 7.05 Å². The smallest absolute Gasteiger partial charge is 0.0893 e. The molecule has 0 aliphatic carbocycles. The summed E-state index contributed by atoms with van der Waals surface area (Å²) < 4.78 is 2.17. The van der Waals surface area contributed by atoms with Crippen LogP contribution in [0.4, 0.5) is 0 Å². The molecule has 2 aromatic heterocycles. The van der Waals surface area contributed by atoms with Gasteiger partial charge in [-0.25, -0.2) is 0 Å². The largest absolute Gasteiger partial charge is 0.351 e. The molecule has 0 unspecified atom stereocenters. The minimum absolute atomic E-state index is 0.569. The highest BCUT2D eigenvalue weighted by molar-refractivity contribution is 6.08. The van der Waals surface area contributed by atoms with Crippen molar-refractivity contribution in [3.63, 3.8) is 0 Å². The number of aromatic amines is 1. The fourth-order valence-electron chi connectivity index (χ4n) is 2.89. The van der Waals surface area contributed by atoms with Crippen molar-refractivity contribution in [2.75, 3.05) is 0 Å².